The molecule has 5 heteroatoms. The predicted octanol–water partition coefficient (Wildman–Crippen LogP) is 2.16. The van der Waals surface area contributed by atoms with Crippen molar-refractivity contribution in [1.29, 1.82) is 0 Å². The fourth-order valence-corrected chi connectivity index (χ4v) is 1.68. The number of hydrogen-bond donors (Lipinski definition) is 1. The predicted molar refractivity (Wildman–Crippen MR) is 43.9 cm³/mol. The van der Waals surface area contributed by atoms with Crippen LogP contribution in [-0.4, -0.2) is 4.98 Å². The van der Waals surface area contributed by atoms with Gasteiger partial charge in [-0.2, -0.15) is 0 Å². The largest absolute Gasteiger partial charge is 0.375 e. The van der Waals surface area contributed by atoms with E-state index in [4.69, 9.17) is 5.73 Å². The van der Waals surface area contributed by atoms with Crippen molar-refractivity contribution in [3.05, 3.63) is 23.8 Å². The van der Waals surface area contributed by atoms with E-state index >= 15 is 0 Å². The monoisotopic (exact) mass is 186 g/mol. The van der Waals surface area contributed by atoms with Crippen LogP contribution in [0.3, 0.4) is 0 Å². The fourth-order valence-electron chi connectivity index (χ4n) is 0.954. The molecule has 12 heavy (non-hydrogen) atoms. The number of benzene rings is 1. The lowest BCUT2D eigenvalue weighted by Crippen LogP contribution is -1.85. The molecule has 0 aliphatic heterocycles. The first-order valence-corrected chi connectivity index (χ1v) is 4.00. The molecule has 0 aliphatic carbocycles. The van der Waals surface area contributed by atoms with Crippen LogP contribution < -0.4 is 5.73 Å². The molecule has 2 N–H and O–H groups in total. The Morgan fingerprint density at radius 3 is 2.83 bits per heavy atom. The number of thiazole rings is 1. The molecule has 0 saturated carbocycles. The maximum Gasteiger partial charge on any atom is 0.185 e. The molecule has 0 atom stereocenters. The standard InChI is InChI=1S/C7H4F2N2S/c8-3-1-2-4-6(5(3)9)11-7(10)12-4/h1-2H,(H2,10,11). The lowest BCUT2D eigenvalue weighted by Gasteiger charge is -1.90. The van der Waals surface area contributed by atoms with E-state index in [-0.39, 0.29) is 10.6 Å². The SMILES string of the molecule is Nc1nc2c(F)c(F)ccc2s1. The fraction of sp³-hybridized carbons (Fsp3) is 0. The minimum absolute atomic E-state index is 0.0116. The van der Waals surface area contributed by atoms with Crippen LogP contribution in [0.15, 0.2) is 12.1 Å². The van der Waals surface area contributed by atoms with Crippen molar-refractivity contribution in [2.45, 2.75) is 0 Å². The molecule has 0 radical (unpaired) electrons. The third-order valence-corrected chi connectivity index (χ3v) is 2.32. The minimum atomic E-state index is -0.930. The number of fused-ring (bicyclic) bond motifs is 1. The van der Waals surface area contributed by atoms with E-state index < -0.39 is 11.6 Å². The minimum Gasteiger partial charge on any atom is -0.375 e. The van der Waals surface area contributed by atoms with Gasteiger partial charge >= 0.3 is 0 Å². The number of aromatic nitrogens is 1. The van der Waals surface area contributed by atoms with Crippen molar-refractivity contribution in [3.63, 3.8) is 0 Å². The molecule has 0 spiro atoms. The van der Waals surface area contributed by atoms with E-state index in [9.17, 15) is 8.78 Å². The number of rotatable bonds is 0. The Kier molecular flexibility index (Phi) is 1.47. The molecule has 2 aromatic rings. The average molecular weight is 186 g/mol. The summed E-state index contributed by atoms with van der Waals surface area (Å²) in [6.45, 7) is 0. The highest BCUT2D eigenvalue weighted by molar-refractivity contribution is 7.22. The van der Waals surface area contributed by atoms with Gasteiger partial charge < -0.3 is 5.73 Å². The highest BCUT2D eigenvalue weighted by Crippen LogP contribution is 2.26. The Morgan fingerprint density at radius 2 is 2.08 bits per heavy atom. The number of nitrogens with zero attached hydrogens (tertiary/aromatic N) is 1. The van der Waals surface area contributed by atoms with Crippen molar-refractivity contribution in [2.24, 2.45) is 0 Å². The Morgan fingerprint density at radius 1 is 1.33 bits per heavy atom. The van der Waals surface area contributed by atoms with Crippen molar-refractivity contribution in [1.82, 2.24) is 4.98 Å². The molecule has 0 amide bonds. The van der Waals surface area contributed by atoms with E-state index in [2.05, 4.69) is 4.98 Å². The first kappa shape index (κ1) is 7.42. The second kappa shape index (κ2) is 2.38. The summed E-state index contributed by atoms with van der Waals surface area (Å²) in [5, 5.41) is 0.245. The zero-order valence-electron chi connectivity index (χ0n) is 5.84. The van der Waals surface area contributed by atoms with Crippen LogP contribution in [0, 0.1) is 11.6 Å². The van der Waals surface area contributed by atoms with Gasteiger partial charge in [0.2, 0.25) is 0 Å². The van der Waals surface area contributed by atoms with E-state index in [1.165, 1.54) is 6.07 Å². The van der Waals surface area contributed by atoms with Crippen LogP contribution in [0.5, 0.6) is 0 Å². The van der Waals surface area contributed by atoms with Gasteiger partial charge in [0.15, 0.2) is 16.8 Å². The Hall–Kier alpha value is -1.23. The molecule has 0 saturated heterocycles. The quantitative estimate of drug-likeness (QED) is 0.684. The summed E-state index contributed by atoms with van der Waals surface area (Å²) >= 11 is 1.13. The van der Waals surface area contributed by atoms with Crippen LogP contribution in [0.4, 0.5) is 13.9 Å². The number of nitrogen functional groups attached to an aromatic ring is 1. The van der Waals surface area contributed by atoms with Gasteiger partial charge in [-0.25, -0.2) is 13.8 Å². The van der Waals surface area contributed by atoms with Crippen LogP contribution >= 0.6 is 11.3 Å². The van der Waals surface area contributed by atoms with Gasteiger partial charge in [0.1, 0.15) is 5.52 Å². The van der Waals surface area contributed by atoms with E-state index in [1.807, 2.05) is 0 Å². The molecular formula is C7H4F2N2S. The first-order valence-electron chi connectivity index (χ1n) is 3.18. The molecule has 0 unspecified atom stereocenters. The second-order valence-corrected chi connectivity index (χ2v) is 3.32. The molecule has 1 heterocycles. The normalized spacial score (nSPS) is 10.8. The molecule has 2 rings (SSSR count). The maximum atomic E-state index is 12.9. The third kappa shape index (κ3) is 0.937. The summed E-state index contributed by atoms with van der Waals surface area (Å²) in [5.41, 5.74) is 5.34. The smallest absolute Gasteiger partial charge is 0.185 e. The number of halogens is 2. The highest BCUT2D eigenvalue weighted by atomic mass is 32.1. The summed E-state index contributed by atoms with van der Waals surface area (Å²) in [6, 6.07) is 2.52. The number of nitrogens with two attached hydrogens (primary N) is 1. The van der Waals surface area contributed by atoms with E-state index in [0.29, 0.717) is 4.70 Å². The molecule has 0 bridgehead atoms. The van der Waals surface area contributed by atoms with Crippen molar-refractivity contribution >= 4 is 26.7 Å². The summed E-state index contributed by atoms with van der Waals surface area (Å²) in [6.07, 6.45) is 0. The molecular weight excluding hydrogens is 182 g/mol. The summed E-state index contributed by atoms with van der Waals surface area (Å²) in [4.78, 5) is 3.65. The number of anilines is 1. The van der Waals surface area contributed by atoms with Gasteiger partial charge in [-0.05, 0) is 12.1 Å². The van der Waals surface area contributed by atoms with Crippen molar-refractivity contribution in [3.8, 4) is 0 Å². The van der Waals surface area contributed by atoms with Crippen LogP contribution in [0.1, 0.15) is 0 Å². The average Bonchev–Trinajstić information content (AvgIpc) is 2.39. The third-order valence-electron chi connectivity index (χ3n) is 1.47. The Bertz CT molecular complexity index is 438. The Labute approximate surface area is 70.6 Å². The van der Waals surface area contributed by atoms with E-state index in [1.54, 1.807) is 0 Å². The molecule has 0 aliphatic rings. The zero-order chi connectivity index (χ0) is 8.72. The number of hydrogen-bond acceptors (Lipinski definition) is 3. The van der Waals surface area contributed by atoms with Gasteiger partial charge in [-0.3, -0.25) is 0 Å². The highest BCUT2D eigenvalue weighted by Gasteiger charge is 2.10. The first-order chi connectivity index (χ1) is 5.68. The maximum absolute atomic E-state index is 12.9. The Balaban J connectivity index is 2.89. The van der Waals surface area contributed by atoms with Gasteiger partial charge in [0, 0.05) is 0 Å². The lowest BCUT2D eigenvalue weighted by molar-refractivity contribution is 0.516. The van der Waals surface area contributed by atoms with Crippen LogP contribution in [0.2, 0.25) is 0 Å². The van der Waals surface area contributed by atoms with Gasteiger partial charge in [-0.1, -0.05) is 11.3 Å². The van der Waals surface area contributed by atoms with Gasteiger partial charge in [0.05, 0.1) is 4.70 Å². The van der Waals surface area contributed by atoms with E-state index in [0.717, 1.165) is 17.4 Å². The topological polar surface area (TPSA) is 38.9 Å². The molecule has 1 aromatic carbocycles. The molecule has 1 aromatic heterocycles. The molecule has 62 valence electrons. The molecule has 0 fully saturated rings. The van der Waals surface area contributed by atoms with Crippen molar-refractivity contribution < 1.29 is 8.78 Å². The van der Waals surface area contributed by atoms with Gasteiger partial charge in [-0.15, -0.1) is 0 Å². The lowest BCUT2D eigenvalue weighted by atomic mass is 10.3. The van der Waals surface area contributed by atoms with Crippen molar-refractivity contribution in [2.75, 3.05) is 5.73 Å². The zero-order valence-corrected chi connectivity index (χ0v) is 6.66. The van der Waals surface area contributed by atoms with Crippen LogP contribution in [-0.2, 0) is 0 Å². The summed E-state index contributed by atoms with van der Waals surface area (Å²) < 4.78 is 26.1. The summed E-state index contributed by atoms with van der Waals surface area (Å²) in [5.74, 6) is -1.83. The molecule has 2 nitrogen and oxygen atoms in total. The summed E-state index contributed by atoms with van der Waals surface area (Å²) in [7, 11) is 0. The second-order valence-electron chi connectivity index (χ2n) is 2.26. The van der Waals surface area contributed by atoms with Gasteiger partial charge in [0.25, 0.3) is 0 Å². The van der Waals surface area contributed by atoms with Crippen LogP contribution in [0.25, 0.3) is 10.2 Å².